The van der Waals surface area contributed by atoms with Gasteiger partial charge in [0.2, 0.25) is 5.91 Å². The number of hydrogen-bond acceptors (Lipinski definition) is 2. The molecule has 1 heterocycles. The standard InChI is InChI=1S/C12H13Cl2NO2/c13-9-2-1-8(11(14)5-9)3-4-15-7-10(16)6-12(15)17/h1-2,5,10,16H,3-4,6-7H2. The smallest absolute Gasteiger partial charge is 0.225 e. The summed E-state index contributed by atoms with van der Waals surface area (Å²) >= 11 is 11.8. The maximum absolute atomic E-state index is 11.5. The summed E-state index contributed by atoms with van der Waals surface area (Å²) in [6, 6.07) is 5.34. The summed E-state index contributed by atoms with van der Waals surface area (Å²) in [6.07, 6.45) is 0.381. The zero-order valence-corrected chi connectivity index (χ0v) is 10.7. The van der Waals surface area contributed by atoms with Gasteiger partial charge in [0, 0.05) is 23.1 Å². The quantitative estimate of drug-likeness (QED) is 0.917. The van der Waals surface area contributed by atoms with Crippen LogP contribution in [0.1, 0.15) is 12.0 Å². The van der Waals surface area contributed by atoms with Gasteiger partial charge in [-0.05, 0) is 24.1 Å². The fraction of sp³-hybridized carbons (Fsp3) is 0.417. The lowest BCUT2D eigenvalue weighted by atomic mass is 10.1. The van der Waals surface area contributed by atoms with Gasteiger partial charge in [-0.1, -0.05) is 29.3 Å². The Hall–Kier alpha value is -0.770. The minimum absolute atomic E-state index is 0.00239. The van der Waals surface area contributed by atoms with E-state index < -0.39 is 6.10 Å². The molecule has 0 aliphatic carbocycles. The predicted molar refractivity (Wildman–Crippen MR) is 67.4 cm³/mol. The molecule has 1 atom stereocenters. The number of benzene rings is 1. The minimum Gasteiger partial charge on any atom is -0.391 e. The highest BCUT2D eigenvalue weighted by molar-refractivity contribution is 6.35. The highest BCUT2D eigenvalue weighted by atomic mass is 35.5. The Morgan fingerprint density at radius 2 is 2.18 bits per heavy atom. The van der Waals surface area contributed by atoms with E-state index in [0.717, 1.165) is 5.56 Å². The fourth-order valence-electron chi connectivity index (χ4n) is 1.95. The van der Waals surface area contributed by atoms with Gasteiger partial charge >= 0.3 is 0 Å². The number of aliphatic hydroxyl groups excluding tert-OH is 1. The molecule has 1 aromatic carbocycles. The highest BCUT2D eigenvalue weighted by Gasteiger charge is 2.27. The van der Waals surface area contributed by atoms with Crippen molar-refractivity contribution in [1.82, 2.24) is 4.90 Å². The number of β-amino-alcohol motifs (C(OH)–C–C–N with tert-alkyl or cyclic N) is 1. The summed E-state index contributed by atoms with van der Waals surface area (Å²) in [7, 11) is 0. The fourth-order valence-corrected chi connectivity index (χ4v) is 2.45. The molecule has 1 aliphatic heterocycles. The third-order valence-corrected chi connectivity index (χ3v) is 3.45. The molecule has 0 saturated carbocycles. The van der Waals surface area contributed by atoms with E-state index in [1.54, 1.807) is 17.0 Å². The van der Waals surface area contributed by atoms with E-state index in [9.17, 15) is 9.90 Å². The third kappa shape index (κ3) is 3.12. The number of rotatable bonds is 3. The molecule has 92 valence electrons. The van der Waals surface area contributed by atoms with Crippen molar-refractivity contribution in [3.63, 3.8) is 0 Å². The Kier molecular flexibility index (Phi) is 3.92. The van der Waals surface area contributed by atoms with E-state index in [1.165, 1.54) is 0 Å². The molecule has 0 spiro atoms. The molecule has 1 unspecified atom stereocenters. The molecule has 5 heteroatoms. The van der Waals surface area contributed by atoms with E-state index >= 15 is 0 Å². The zero-order chi connectivity index (χ0) is 12.4. The van der Waals surface area contributed by atoms with Crippen molar-refractivity contribution in [1.29, 1.82) is 0 Å². The number of likely N-dealkylation sites (tertiary alicyclic amines) is 1. The third-order valence-electron chi connectivity index (χ3n) is 2.86. The summed E-state index contributed by atoms with van der Waals surface area (Å²) in [4.78, 5) is 13.1. The Morgan fingerprint density at radius 1 is 1.41 bits per heavy atom. The zero-order valence-electron chi connectivity index (χ0n) is 9.20. The molecule has 0 radical (unpaired) electrons. The predicted octanol–water partition coefficient (Wildman–Crippen LogP) is 2.13. The summed E-state index contributed by atoms with van der Waals surface area (Å²) in [6.45, 7) is 1.00. The lowest BCUT2D eigenvalue weighted by Crippen LogP contribution is -2.28. The van der Waals surface area contributed by atoms with Crippen molar-refractivity contribution in [2.75, 3.05) is 13.1 Å². The first-order valence-corrected chi connectivity index (χ1v) is 6.21. The van der Waals surface area contributed by atoms with Gasteiger partial charge in [-0.2, -0.15) is 0 Å². The van der Waals surface area contributed by atoms with Crippen LogP contribution in [0.15, 0.2) is 18.2 Å². The Bertz CT molecular complexity index is 437. The Morgan fingerprint density at radius 3 is 2.76 bits per heavy atom. The molecule has 0 aromatic heterocycles. The monoisotopic (exact) mass is 273 g/mol. The summed E-state index contributed by atoms with van der Waals surface area (Å²) in [5.41, 5.74) is 0.963. The maximum atomic E-state index is 11.5. The highest BCUT2D eigenvalue weighted by Crippen LogP contribution is 2.22. The molecular formula is C12H13Cl2NO2. The number of hydrogen-bond donors (Lipinski definition) is 1. The van der Waals surface area contributed by atoms with E-state index in [1.807, 2.05) is 6.07 Å². The average molecular weight is 274 g/mol. The van der Waals surface area contributed by atoms with Gasteiger partial charge in [0.05, 0.1) is 12.5 Å². The maximum Gasteiger partial charge on any atom is 0.225 e. The van der Waals surface area contributed by atoms with Gasteiger partial charge < -0.3 is 10.0 Å². The van der Waals surface area contributed by atoms with Crippen LogP contribution in [0, 0.1) is 0 Å². The van der Waals surface area contributed by atoms with Crippen LogP contribution in [-0.2, 0) is 11.2 Å². The number of nitrogens with zero attached hydrogens (tertiary/aromatic N) is 1. The summed E-state index contributed by atoms with van der Waals surface area (Å²) in [5, 5.41) is 10.6. The van der Waals surface area contributed by atoms with Crippen molar-refractivity contribution in [3.05, 3.63) is 33.8 Å². The number of amides is 1. The molecule has 1 amide bonds. The number of carbonyl (C=O) groups excluding carboxylic acids is 1. The molecule has 0 bridgehead atoms. The van der Waals surface area contributed by atoms with Crippen LogP contribution in [0.3, 0.4) is 0 Å². The van der Waals surface area contributed by atoms with Gasteiger partial charge in [-0.25, -0.2) is 0 Å². The van der Waals surface area contributed by atoms with Gasteiger partial charge in [0.1, 0.15) is 0 Å². The van der Waals surface area contributed by atoms with Gasteiger partial charge in [-0.15, -0.1) is 0 Å². The second-order valence-electron chi connectivity index (χ2n) is 4.18. The van der Waals surface area contributed by atoms with E-state index in [2.05, 4.69) is 0 Å². The molecule has 17 heavy (non-hydrogen) atoms. The van der Waals surface area contributed by atoms with Crippen LogP contribution in [0.25, 0.3) is 0 Å². The van der Waals surface area contributed by atoms with Crippen LogP contribution in [0.2, 0.25) is 10.0 Å². The van der Waals surface area contributed by atoms with Crippen LogP contribution in [0.4, 0.5) is 0 Å². The van der Waals surface area contributed by atoms with E-state index in [0.29, 0.717) is 29.6 Å². The molecule has 1 aromatic rings. The normalized spacial score (nSPS) is 20.1. The van der Waals surface area contributed by atoms with Crippen LogP contribution in [0.5, 0.6) is 0 Å². The lowest BCUT2D eigenvalue weighted by Gasteiger charge is -2.16. The summed E-state index contributed by atoms with van der Waals surface area (Å²) < 4.78 is 0. The van der Waals surface area contributed by atoms with Gasteiger partial charge in [-0.3, -0.25) is 4.79 Å². The van der Waals surface area contributed by atoms with Gasteiger partial charge in [0.25, 0.3) is 0 Å². The van der Waals surface area contributed by atoms with Crippen molar-refractivity contribution in [2.45, 2.75) is 18.9 Å². The largest absolute Gasteiger partial charge is 0.391 e. The average Bonchev–Trinajstić information content (AvgIpc) is 2.56. The summed E-state index contributed by atoms with van der Waals surface area (Å²) in [5.74, 6) is 0.00239. The van der Waals surface area contributed by atoms with Gasteiger partial charge in [0.15, 0.2) is 0 Å². The molecule has 2 rings (SSSR count). The number of carbonyl (C=O) groups is 1. The van der Waals surface area contributed by atoms with E-state index in [4.69, 9.17) is 23.2 Å². The molecule has 1 fully saturated rings. The molecular weight excluding hydrogens is 261 g/mol. The number of halogens is 2. The van der Waals surface area contributed by atoms with Crippen LogP contribution >= 0.6 is 23.2 Å². The molecule has 1 N–H and O–H groups in total. The van der Waals surface area contributed by atoms with Crippen molar-refractivity contribution >= 4 is 29.1 Å². The van der Waals surface area contributed by atoms with E-state index in [-0.39, 0.29) is 12.3 Å². The molecule has 1 saturated heterocycles. The first kappa shape index (κ1) is 12.7. The first-order valence-electron chi connectivity index (χ1n) is 5.46. The lowest BCUT2D eigenvalue weighted by molar-refractivity contribution is -0.127. The van der Waals surface area contributed by atoms with Crippen LogP contribution in [-0.4, -0.2) is 35.1 Å². The topological polar surface area (TPSA) is 40.5 Å². The van der Waals surface area contributed by atoms with Crippen molar-refractivity contribution < 1.29 is 9.90 Å². The second-order valence-corrected chi connectivity index (χ2v) is 5.03. The van der Waals surface area contributed by atoms with Crippen LogP contribution < -0.4 is 0 Å². The Labute approximate surface area is 110 Å². The van der Waals surface area contributed by atoms with Crippen molar-refractivity contribution in [3.8, 4) is 0 Å². The van der Waals surface area contributed by atoms with Crippen molar-refractivity contribution in [2.24, 2.45) is 0 Å². The minimum atomic E-state index is -0.525. The first-order chi connectivity index (χ1) is 8.06. The SMILES string of the molecule is O=C1CC(O)CN1CCc1ccc(Cl)cc1Cl. The Balaban J connectivity index is 1.96. The molecule has 1 aliphatic rings. The number of aliphatic hydroxyl groups is 1. The molecule has 3 nitrogen and oxygen atoms in total. The second kappa shape index (κ2) is 5.25.